The zero-order valence-electron chi connectivity index (χ0n) is 17.1. The first-order chi connectivity index (χ1) is 14.0. The largest absolute Gasteiger partial charge is 0.493 e. The van der Waals surface area contributed by atoms with E-state index in [0.717, 1.165) is 22.3 Å². The highest BCUT2D eigenvalue weighted by Gasteiger charge is 2.44. The topological polar surface area (TPSA) is 57.2 Å². The van der Waals surface area contributed by atoms with Crippen LogP contribution in [0.2, 0.25) is 0 Å². The Morgan fingerprint density at radius 1 is 1.21 bits per heavy atom. The first-order valence-electron chi connectivity index (χ1n) is 9.58. The van der Waals surface area contributed by atoms with E-state index in [1.165, 1.54) is 10.4 Å². The number of ether oxygens (including phenoxy) is 2. The van der Waals surface area contributed by atoms with E-state index in [2.05, 4.69) is 26.9 Å². The Hall–Kier alpha value is -0.890. The summed E-state index contributed by atoms with van der Waals surface area (Å²) in [6.07, 6.45) is 0.882. The summed E-state index contributed by atoms with van der Waals surface area (Å²) in [7, 11) is -0.326. The lowest BCUT2D eigenvalue weighted by Crippen LogP contribution is -2.34. The van der Waals surface area contributed by atoms with Crippen LogP contribution in [0, 0.1) is 0 Å². The van der Waals surface area contributed by atoms with E-state index >= 15 is 0 Å². The zero-order chi connectivity index (χ0) is 21.0. The summed E-state index contributed by atoms with van der Waals surface area (Å²) in [6, 6.07) is 7.76. The number of rotatable bonds is 9. The minimum atomic E-state index is -3.51. The summed E-state index contributed by atoms with van der Waals surface area (Å²) in [5, 5.41) is 0. The van der Waals surface area contributed by atoms with Crippen LogP contribution in [0.5, 0.6) is 11.5 Å². The van der Waals surface area contributed by atoms with Gasteiger partial charge in [0.2, 0.25) is 0 Å². The van der Waals surface area contributed by atoms with Gasteiger partial charge in [0.1, 0.15) is 5.78 Å². The van der Waals surface area contributed by atoms with Crippen LogP contribution < -0.4 is 9.47 Å². The Kier molecular flexibility index (Phi) is 7.81. The first-order valence-corrected chi connectivity index (χ1v) is 12.8. The fourth-order valence-electron chi connectivity index (χ4n) is 3.75. The van der Waals surface area contributed by atoms with Crippen LogP contribution in [0.1, 0.15) is 35.6 Å². The molecular weight excluding hydrogens is 477 g/mol. The molecule has 2 heterocycles. The Labute approximate surface area is 184 Å². The summed E-state index contributed by atoms with van der Waals surface area (Å²) in [6.45, 7) is 5.65. The van der Waals surface area contributed by atoms with Crippen molar-refractivity contribution >= 4 is 34.9 Å². The average molecular weight is 504 g/mol. The number of nitrogens with zero attached hydrogens (tertiary/aromatic N) is 1. The summed E-state index contributed by atoms with van der Waals surface area (Å²) >= 11 is 5.34. The molecule has 1 aliphatic rings. The third kappa shape index (κ3) is 4.73. The predicted octanol–water partition coefficient (Wildman–Crippen LogP) is 5.85. The van der Waals surface area contributed by atoms with Gasteiger partial charge in [-0.3, -0.25) is 9.46 Å². The smallest absolute Gasteiger partial charge is 0.352 e. The molecule has 0 amide bonds. The van der Waals surface area contributed by atoms with Crippen molar-refractivity contribution in [3.63, 3.8) is 0 Å². The Bertz CT molecular complexity index is 880. The van der Waals surface area contributed by atoms with E-state index in [1.54, 1.807) is 25.6 Å². The van der Waals surface area contributed by atoms with Crippen LogP contribution in [-0.4, -0.2) is 38.9 Å². The van der Waals surface area contributed by atoms with E-state index in [9.17, 15) is 4.57 Å². The normalized spacial score (nSPS) is 15.8. The third-order valence-electron chi connectivity index (χ3n) is 4.84. The second kappa shape index (κ2) is 9.94. The second-order valence-corrected chi connectivity index (χ2v) is 11.2. The molecule has 0 saturated heterocycles. The van der Waals surface area contributed by atoms with Gasteiger partial charge < -0.3 is 18.5 Å². The SMILES string of the molecule is CCOP(=O)(OCC)C(c1cccc(OC)c1OC)N1CCc2sc(Br)cc2C1. The third-order valence-corrected chi connectivity index (χ3v) is 9.02. The summed E-state index contributed by atoms with van der Waals surface area (Å²) < 4.78 is 37.9. The molecule has 6 nitrogen and oxygen atoms in total. The van der Waals surface area contributed by atoms with Crippen molar-refractivity contribution in [1.29, 1.82) is 0 Å². The Morgan fingerprint density at radius 2 is 1.93 bits per heavy atom. The van der Waals surface area contributed by atoms with Gasteiger partial charge in [-0.25, -0.2) is 0 Å². The molecule has 9 heteroatoms. The van der Waals surface area contributed by atoms with E-state index in [4.69, 9.17) is 18.5 Å². The van der Waals surface area contributed by atoms with Gasteiger partial charge in [-0.15, -0.1) is 11.3 Å². The lowest BCUT2D eigenvalue weighted by Gasteiger charge is -2.38. The van der Waals surface area contributed by atoms with Crippen LogP contribution in [0.15, 0.2) is 28.1 Å². The van der Waals surface area contributed by atoms with Crippen LogP contribution in [0.25, 0.3) is 0 Å². The molecule has 0 radical (unpaired) electrons. The first kappa shape index (κ1) is 22.8. The van der Waals surface area contributed by atoms with Crippen molar-refractivity contribution in [3.8, 4) is 11.5 Å². The molecule has 160 valence electrons. The van der Waals surface area contributed by atoms with Crippen molar-refractivity contribution in [2.45, 2.75) is 32.6 Å². The van der Waals surface area contributed by atoms with Gasteiger partial charge >= 0.3 is 7.60 Å². The molecule has 0 N–H and O–H groups in total. The summed E-state index contributed by atoms with van der Waals surface area (Å²) in [5.74, 6) is 0.543. The molecule has 0 bridgehead atoms. The van der Waals surface area contributed by atoms with Crippen LogP contribution in [0.3, 0.4) is 0 Å². The van der Waals surface area contributed by atoms with Crippen molar-refractivity contribution < 1.29 is 23.1 Å². The molecule has 1 aliphatic heterocycles. The molecule has 1 aromatic heterocycles. The number of thiophene rings is 1. The van der Waals surface area contributed by atoms with Crippen LogP contribution >= 0.6 is 34.9 Å². The minimum Gasteiger partial charge on any atom is -0.493 e. The Morgan fingerprint density at radius 3 is 2.55 bits per heavy atom. The number of hydrogen-bond donors (Lipinski definition) is 0. The maximum atomic E-state index is 14.0. The average Bonchev–Trinajstić information content (AvgIpc) is 3.07. The molecule has 2 aromatic rings. The van der Waals surface area contributed by atoms with Gasteiger partial charge in [0.05, 0.1) is 31.2 Å². The van der Waals surface area contributed by atoms with Gasteiger partial charge in [0.25, 0.3) is 0 Å². The fourth-order valence-corrected chi connectivity index (χ4v) is 7.71. The number of halogens is 1. The van der Waals surface area contributed by atoms with Gasteiger partial charge in [-0.1, -0.05) is 12.1 Å². The van der Waals surface area contributed by atoms with Gasteiger partial charge in [-0.05, 0) is 53.9 Å². The lowest BCUT2D eigenvalue weighted by atomic mass is 10.1. The van der Waals surface area contributed by atoms with Crippen molar-refractivity contribution in [2.24, 2.45) is 0 Å². The standard InChI is InChI=1S/C20H27BrNO5PS/c1-5-26-28(23,27-6-2)20(15-8-7-9-16(24-3)19(15)25-4)22-11-10-17-14(13-22)12-18(21)29-17/h7-9,12,20H,5-6,10-11,13H2,1-4H3. The quantitative estimate of drug-likeness (QED) is 0.400. The molecule has 29 heavy (non-hydrogen) atoms. The predicted molar refractivity (Wildman–Crippen MR) is 119 cm³/mol. The monoisotopic (exact) mass is 503 g/mol. The van der Waals surface area contributed by atoms with Crippen molar-refractivity contribution in [3.05, 3.63) is 44.1 Å². The molecular formula is C20H27BrNO5PS. The molecule has 1 unspecified atom stereocenters. The fraction of sp³-hybridized carbons (Fsp3) is 0.500. The van der Waals surface area contributed by atoms with Gasteiger partial charge in [0, 0.05) is 23.5 Å². The molecule has 0 saturated carbocycles. The highest BCUT2D eigenvalue weighted by Crippen LogP contribution is 2.64. The maximum Gasteiger partial charge on any atom is 0.352 e. The molecule has 0 fully saturated rings. The summed E-state index contributed by atoms with van der Waals surface area (Å²) in [5.41, 5.74) is 1.98. The number of methoxy groups -OCH3 is 2. The van der Waals surface area contributed by atoms with E-state index in [0.29, 0.717) is 31.3 Å². The molecule has 0 spiro atoms. The van der Waals surface area contributed by atoms with Crippen molar-refractivity contribution in [1.82, 2.24) is 4.90 Å². The molecule has 3 rings (SSSR count). The minimum absolute atomic E-state index is 0.295. The Balaban J connectivity index is 2.12. The number of fused-ring (bicyclic) bond motifs is 1. The highest BCUT2D eigenvalue weighted by molar-refractivity contribution is 9.11. The number of benzene rings is 1. The van der Waals surface area contributed by atoms with Gasteiger partial charge in [0.15, 0.2) is 11.5 Å². The number of hydrogen-bond acceptors (Lipinski definition) is 7. The maximum absolute atomic E-state index is 14.0. The molecule has 1 aromatic carbocycles. The molecule has 1 atom stereocenters. The molecule has 0 aliphatic carbocycles. The summed E-state index contributed by atoms with van der Waals surface area (Å²) in [4.78, 5) is 3.53. The van der Waals surface area contributed by atoms with Gasteiger partial charge in [-0.2, -0.15) is 0 Å². The highest BCUT2D eigenvalue weighted by atomic mass is 79.9. The van der Waals surface area contributed by atoms with Crippen LogP contribution in [0.4, 0.5) is 0 Å². The van der Waals surface area contributed by atoms with E-state index < -0.39 is 13.4 Å². The van der Waals surface area contributed by atoms with E-state index in [-0.39, 0.29) is 0 Å². The zero-order valence-corrected chi connectivity index (χ0v) is 20.4. The van der Waals surface area contributed by atoms with Crippen LogP contribution in [-0.2, 0) is 26.6 Å². The van der Waals surface area contributed by atoms with Crippen molar-refractivity contribution in [2.75, 3.05) is 34.0 Å². The van der Waals surface area contributed by atoms with E-state index in [1.807, 2.05) is 32.0 Å². The lowest BCUT2D eigenvalue weighted by molar-refractivity contribution is 0.153. The number of para-hydroxylation sites is 1. The second-order valence-electron chi connectivity index (χ2n) is 6.55.